The van der Waals surface area contributed by atoms with Crippen LogP contribution >= 0.6 is 0 Å². The van der Waals surface area contributed by atoms with Crippen molar-refractivity contribution in [1.82, 2.24) is 24.6 Å². The summed E-state index contributed by atoms with van der Waals surface area (Å²) in [5.74, 6) is 0.974. The van der Waals surface area contributed by atoms with Crippen LogP contribution in [-0.2, 0) is 17.8 Å². The van der Waals surface area contributed by atoms with Crippen LogP contribution in [0.25, 0.3) is 21.9 Å². The van der Waals surface area contributed by atoms with E-state index in [0.717, 1.165) is 11.1 Å². The van der Waals surface area contributed by atoms with Gasteiger partial charge in [0.15, 0.2) is 5.82 Å². The normalized spacial score (nSPS) is 17.4. The first-order chi connectivity index (χ1) is 17.4. The number of benzene rings is 1. The maximum atomic E-state index is 15.1. The zero-order valence-corrected chi connectivity index (χ0v) is 19.9. The molecule has 0 bridgehead atoms. The number of likely N-dealkylation sites (N-methyl/N-ethyl adjacent to an activating group) is 1. The number of nitrogens with zero attached hydrogens (tertiary/aromatic N) is 5. The molecule has 1 amide bonds. The largest absolute Gasteiger partial charge is 0.477 e. The fourth-order valence-electron chi connectivity index (χ4n) is 4.84. The smallest absolute Gasteiger partial charge is 0.244 e. The van der Waals surface area contributed by atoms with Crippen molar-refractivity contribution >= 4 is 28.3 Å². The molecule has 0 spiro atoms. The average Bonchev–Trinajstić information content (AvgIpc) is 3.17. The number of alkyl halides is 1. The van der Waals surface area contributed by atoms with Gasteiger partial charge in [-0.25, -0.2) is 18.7 Å². The zero-order chi connectivity index (χ0) is 25.0. The third-order valence-electron chi connectivity index (χ3n) is 6.90. The Bertz CT molecular complexity index is 1520. The predicted octanol–water partition coefficient (Wildman–Crippen LogP) is 4.49. The van der Waals surface area contributed by atoms with E-state index in [-0.39, 0.29) is 31.4 Å². The lowest BCUT2D eigenvalue weighted by atomic mass is 9.93. The Morgan fingerprint density at radius 1 is 1.08 bits per heavy atom. The molecule has 6 rings (SSSR count). The fourth-order valence-corrected chi connectivity index (χ4v) is 4.84. The lowest BCUT2D eigenvalue weighted by molar-refractivity contribution is -0.130. The Balaban J connectivity index is 1.34. The Morgan fingerprint density at radius 3 is 2.81 bits per heavy atom. The van der Waals surface area contributed by atoms with E-state index < -0.39 is 12.0 Å². The van der Waals surface area contributed by atoms with Crippen molar-refractivity contribution in [3.05, 3.63) is 59.3 Å². The van der Waals surface area contributed by atoms with E-state index in [1.807, 2.05) is 12.1 Å². The minimum atomic E-state index is -1.19. The van der Waals surface area contributed by atoms with Crippen LogP contribution in [0.15, 0.2) is 36.7 Å². The van der Waals surface area contributed by atoms with E-state index in [1.54, 1.807) is 35.8 Å². The molecule has 184 valence electrons. The summed E-state index contributed by atoms with van der Waals surface area (Å²) in [6, 6.07) is 6.86. The van der Waals surface area contributed by atoms with E-state index in [0.29, 0.717) is 52.2 Å². The number of pyridine rings is 2. The van der Waals surface area contributed by atoms with E-state index in [4.69, 9.17) is 4.74 Å². The molecule has 1 atom stereocenters. The Hall–Kier alpha value is -4.08. The van der Waals surface area contributed by atoms with Gasteiger partial charge in [-0.3, -0.25) is 9.48 Å². The summed E-state index contributed by atoms with van der Waals surface area (Å²) < 4.78 is 37.0. The summed E-state index contributed by atoms with van der Waals surface area (Å²) in [5, 5.41) is 9.09. The molecule has 2 aliphatic heterocycles. The number of amides is 1. The van der Waals surface area contributed by atoms with Gasteiger partial charge in [-0.1, -0.05) is 0 Å². The molecule has 2 aliphatic rings. The van der Waals surface area contributed by atoms with E-state index >= 15 is 4.39 Å². The topological polar surface area (TPSA) is 85.2 Å². The van der Waals surface area contributed by atoms with Gasteiger partial charge in [0, 0.05) is 67.1 Å². The number of rotatable bonds is 3. The molecule has 1 aromatic carbocycles. The monoisotopic (exact) mass is 490 g/mol. The van der Waals surface area contributed by atoms with Crippen LogP contribution in [0, 0.1) is 12.7 Å². The van der Waals surface area contributed by atoms with Crippen LogP contribution in [0.3, 0.4) is 0 Å². The molecule has 0 radical (unpaired) electrons. The SMILES string of the molecule is Cc1c(-c2cc3cc(Nc4cc5n(n4)CC(=O)N(C)CC5)ncc3cc2F)cnc2c1[C@@H](F)CCO2. The van der Waals surface area contributed by atoms with Crippen molar-refractivity contribution in [3.63, 3.8) is 0 Å². The van der Waals surface area contributed by atoms with Gasteiger partial charge < -0.3 is 15.0 Å². The maximum Gasteiger partial charge on any atom is 0.244 e. The number of hydrogen-bond donors (Lipinski definition) is 1. The van der Waals surface area contributed by atoms with Gasteiger partial charge in [0.25, 0.3) is 0 Å². The number of fused-ring (bicyclic) bond motifs is 3. The van der Waals surface area contributed by atoms with Crippen molar-refractivity contribution in [2.75, 3.05) is 25.5 Å². The summed E-state index contributed by atoms with van der Waals surface area (Å²) in [6.07, 6.45) is 2.90. The van der Waals surface area contributed by atoms with Gasteiger partial charge in [-0.05, 0) is 36.1 Å². The van der Waals surface area contributed by atoms with Gasteiger partial charge in [0.1, 0.15) is 24.4 Å². The molecule has 1 N–H and O–H groups in total. The quantitative estimate of drug-likeness (QED) is 0.456. The fraction of sp³-hybridized carbons (Fsp3) is 0.308. The molecule has 0 aliphatic carbocycles. The van der Waals surface area contributed by atoms with E-state index in [2.05, 4.69) is 20.4 Å². The van der Waals surface area contributed by atoms with Gasteiger partial charge >= 0.3 is 0 Å². The first-order valence-corrected chi connectivity index (χ1v) is 11.8. The van der Waals surface area contributed by atoms with E-state index in [9.17, 15) is 9.18 Å². The molecular weight excluding hydrogens is 466 g/mol. The molecule has 36 heavy (non-hydrogen) atoms. The molecule has 0 fully saturated rings. The number of halogens is 2. The van der Waals surface area contributed by atoms with Crippen LogP contribution in [0.5, 0.6) is 5.88 Å². The summed E-state index contributed by atoms with van der Waals surface area (Å²) in [5.41, 5.74) is 2.84. The molecule has 8 nitrogen and oxygen atoms in total. The highest BCUT2D eigenvalue weighted by molar-refractivity contribution is 5.89. The third kappa shape index (κ3) is 3.82. The molecule has 10 heteroatoms. The highest BCUT2D eigenvalue weighted by Gasteiger charge is 2.27. The van der Waals surface area contributed by atoms with Gasteiger partial charge in [-0.15, -0.1) is 0 Å². The van der Waals surface area contributed by atoms with Crippen molar-refractivity contribution in [2.45, 2.75) is 32.5 Å². The number of aromatic nitrogens is 4. The lowest BCUT2D eigenvalue weighted by Crippen LogP contribution is -2.29. The molecular formula is C26H24F2N6O2. The van der Waals surface area contributed by atoms with E-state index in [1.165, 1.54) is 12.3 Å². The minimum absolute atomic E-state index is 0.0133. The van der Waals surface area contributed by atoms with Crippen LogP contribution in [0.4, 0.5) is 20.4 Å². The van der Waals surface area contributed by atoms with Crippen LogP contribution in [0.2, 0.25) is 0 Å². The van der Waals surface area contributed by atoms with Crippen molar-refractivity contribution < 1.29 is 18.3 Å². The average molecular weight is 491 g/mol. The minimum Gasteiger partial charge on any atom is -0.477 e. The van der Waals surface area contributed by atoms with Crippen LogP contribution < -0.4 is 10.1 Å². The number of ether oxygens (including phenoxy) is 1. The number of anilines is 2. The van der Waals surface area contributed by atoms with Crippen molar-refractivity contribution in [3.8, 4) is 17.0 Å². The van der Waals surface area contributed by atoms with Crippen LogP contribution in [-0.4, -0.2) is 50.8 Å². The second-order valence-electron chi connectivity index (χ2n) is 9.24. The maximum absolute atomic E-state index is 15.1. The Labute approximate surface area is 205 Å². The second kappa shape index (κ2) is 8.54. The number of carbonyl (C=O) groups is 1. The molecule has 5 heterocycles. The Morgan fingerprint density at radius 2 is 1.94 bits per heavy atom. The lowest BCUT2D eigenvalue weighted by Gasteiger charge is -2.23. The Kier molecular flexibility index (Phi) is 5.31. The van der Waals surface area contributed by atoms with Crippen LogP contribution in [0.1, 0.15) is 29.4 Å². The molecule has 3 aromatic heterocycles. The number of carbonyl (C=O) groups excluding carboxylic acids is 1. The highest BCUT2D eigenvalue weighted by Crippen LogP contribution is 2.40. The van der Waals surface area contributed by atoms with Gasteiger partial charge in [0.2, 0.25) is 11.8 Å². The van der Waals surface area contributed by atoms with Gasteiger partial charge in [-0.2, -0.15) is 5.10 Å². The molecule has 0 unspecified atom stereocenters. The first-order valence-electron chi connectivity index (χ1n) is 11.8. The first kappa shape index (κ1) is 22.4. The molecule has 0 saturated carbocycles. The summed E-state index contributed by atoms with van der Waals surface area (Å²) in [6.45, 7) is 2.88. The summed E-state index contributed by atoms with van der Waals surface area (Å²) in [4.78, 5) is 22.5. The van der Waals surface area contributed by atoms with Gasteiger partial charge in [0.05, 0.1) is 12.2 Å². The van der Waals surface area contributed by atoms with Crippen molar-refractivity contribution in [1.29, 1.82) is 0 Å². The standard InChI is InChI=1S/C26H24F2N6O2/c1-14-19(12-30-26-25(14)20(27)4-6-36-26)18-7-15-9-22(29-11-16(15)8-21(18)28)31-23-10-17-3-5-33(2)24(35)13-34(17)32-23/h7-12,20H,3-6,13H2,1-2H3,(H,29,31,32)/t20-/m0/s1. The number of hydrogen-bond acceptors (Lipinski definition) is 6. The highest BCUT2D eigenvalue weighted by atomic mass is 19.1. The zero-order valence-electron chi connectivity index (χ0n) is 19.9. The van der Waals surface area contributed by atoms with Crippen molar-refractivity contribution in [2.24, 2.45) is 0 Å². The third-order valence-corrected chi connectivity index (χ3v) is 6.90. The molecule has 0 saturated heterocycles. The predicted molar refractivity (Wildman–Crippen MR) is 130 cm³/mol. The number of nitrogens with one attached hydrogen (secondary N) is 1. The second-order valence-corrected chi connectivity index (χ2v) is 9.24. The molecule has 4 aromatic rings. The summed E-state index contributed by atoms with van der Waals surface area (Å²) >= 11 is 0. The summed E-state index contributed by atoms with van der Waals surface area (Å²) in [7, 11) is 1.79.